The molecule has 0 radical (unpaired) electrons. The van der Waals surface area contributed by atoms with Crippen LogP contribution in [0, 0.1) is 11.3 Å². The van der Waals surface area contributed by atoms with Gasteiger partial charge in [-0.3, -0.25) is 0 Å². The molecule has 2 heteroatoms. The van der Waals surface area contributed by atoms with Crippen LogP contribution in [0.5, 0.6) is 0 Å². The molecule has 96 valence electrons. The van der Waals surface area contributed by atoms with E-state index in [2.05, 4.69) is 55.6 Å². The van der Waals surface area contributed by atoms with Gasteiger partial charge in [-0.15, -0.1) is 0 Å². The molecule has 1 aromatic carbocycles. The second kappa shape index (κ2) is 5.54. The first-order valence-electron chi connectivity index (χ1n) is 6.86. The highest BCUT2D eigenvalue weighted by Crippen LogP contribution is 2.43. The minimum Gasteiger partial charge on any atom is -0.310 e. The van der Waals surface area contributed by atoms with Crippen LogP contribution in [0.15, 0.2) is 30.3 Å². The van der Waals surface area contributed by atoms with Gasteiger partial charge in [0.05, 0.1) is 12.5 Å². The van der Waals surface area contributed by atoms with Crippen LogP contribution in [0.1, 0.15) is 45.1 Å². The Kier molecular flexibility index (Phi) is 4.04. The van der Waals surface area contributed by atoms with Crippen LogP contribution >= 0.6 is 0 Å². The lowest BCUT2D eigenvalue weighted by atomic mass is 9.63. The Bertz CT molecular complexity index is 412. The number of benzene rings is 1. The van der Waals surface area contributed by atoms with Crippen molar-refractivity contribution in [3.05, 3.63) is 35.9 Å². The van der Waals surface area contributed by atoms with Gasteiger partial charge in [0.1, 0.15) is 0 Å². The molecule has 1 atom stereocenters. The average molecular weight is 242 g/mol. The molecule has 0 aliphatic heterocycles. The summed E-state index contributed by atoms with van der Waals surface area (Å²) in [6.07, 6.45) is 4.01. The van der Waals surface area contributed by atoms with E-state index in [4.69, 9.17) is 5.26 Å². The molecule has 1 fully saturated rings. The Morgan fingerprint density at radius 1 is 1.39 bits per heavy atom. The molecular formula is C16H22N2. The van der Waals surface area contributed by atoms with Crippen LogP contribution in [0.2, 0.25) is 0 Å². The quantitative estimate of drug-likeness (QED) is 0.859. The molecule has 0 spiro atoms. The zero-order valence-electron chi connectivity index (χ0n) is 11.3. The molecule has 0 aromatic heterocycles. The summed E-state index contributed by atoms with van der Waals surface area (Å²) in [4.78, 5) is 0. The molecule has 1 saturated carbocycles. The molecule has 1 aliphatic rings. The first-order chi connectivity index (χ1) is 8.68. The number of rotatable bonds is 5. The zero-order valence-corrected chi connectivity index (χ0v) is 11.3. The molecular weight excluding hydrogens is 220 g/mol. The summed E-state index contributed by atoms with van der Waals surface area (Å²) in [6.45, 7) is 4.48. The van der Waals surface area contributed by atoms with Crippen molar-refractivity contribution >= 4 is 0 Å². The van der Waals surface area contributed by atoms with Crippen molar-refractivity contribution in [1.29, 1.82) is 5.26 Å². The molecule has 0 heterocycles. The minimum atomic E-state index is 0.323. The van der Waals surface area contributed by atoms with Crippen LogP contribution in [-0.4, -0.2) is 12.1 Å². The highest BCUT2D eigenvalue weighted by atomic mass is 15.0. The van der Waals surface area contributed by atoms with Crippen LogP contribution in [0.4, 0.5) is 0 Å². The molecule has 0 bridgehead atoms. The number of nitriles is 1. The second-order valence-electron chi connectivity index (χ2n) is 5.67. The fraction of sp³-hybridized carbons (Fsp3) is 0.562. The Morgan fingerprint density at radius 2 is 2.06 bits per heavy atom. The molecule has 1 aliphatic carbocycles. The van der Waals surface area contributed by atoms with Crippen LogP contribution in [0.25, 0.3) is 0 Å². The van der Waals surface area contributed by atoms with Crippen molar-refractivity contribution in [2.75, 3.05) is 0 Å². The molecule has 2 rings (SSSR count). The molecule has 0 saturated heterocycles. The van der Waals surface area contributed by atoms with Crippen molar-refractivity contribution in [3.63, 3.8) is 0 Å². The molecule has 0 amide bonds. The van der Waals surface area contributed by atoms with Gasteiger partial charge in [-0.25, -0.2) is 0 Å². The highest BCUT2D eigenvalue weighted by molar-refractivity contribution is 5.28. The lowest BCUT2D eigenvalue weighted by molar-refractivity contribution is 0.175. The van der Waals surface area contributed by atoms with Crippen LogP contribution in [0.3, 0.4) is 0 Å². The van der Waals surface area contributed by atoms with Gasteiger partial charge in [-0.2, -0.15) is 5.26 Å². The normalized spacial score (nSPS) is 28.2. The van der Waals surface area contributed by atoms with Crippen molar-refractivity contribution in [2.45, 2.75) is 57.0 Å². The maximum atomic E-state index is 8.76. The summed E-state index contributed by atoms with van der Waals surface area (Å²) in [7, 11) is 0. The summed E-state index contributed by atoms with van der Waals surface area (Å²) >= 11 is 0. The molecule has 1 N–H and O–H groups in total. The molecule has 1 aromatic rings. The third-order valence-corrected chi connectivity index (χ3v) is 4.17. The predicted molar refractivity (Wildman–Crippen MR) is 74.3 cm³/mol. The Hall–Kier alpha value is -1.33. The summed E-state index contributed by atoms with van der Waals surface area (Å²) in [5.41, 5.74) is 1.76. The fourth-order valence-electron chi connectivity index (χ4n) is 2.99. The van der Waals surface area contributed by atoms with Crippen molar-refractivity contribution in [1.82, 2.24) is 5.32 Å². The van der Waals surface area contributed by atoms with Gasteiger partial charge in [0.25, 0.3) is 0 Å². The Balaban J connectivity index is 1.88. The molecule has 2 nitrogen and oxygen atoms in total. The zero-order chi connectivity index (χ0) is 13.0. The van der Waals surface area contributed by atoms with Gasteiger partial charge < -0.3 is 5.32 Å². The topological polar surface area (TPSA) is 35.8 Å². The van der Waals surface area contributed by atoms with E-state index in [0.29, 0.717) is 23.9 Å². The van der Waals surface area contributed by atoms with E-state index in [0.717, 1.165) is 6.42 Å². The third-order valence-electron chi connectivity index (χ3n) is 4.17. The van der Waals surface area contributed by atoms with Crippen molar-refractivity contribution in [2.24, 2.45) is 0 Å². The standard InChI is InChI=1S/C16H22N2/c1-3-14(9-10-17)18-15-11-16(2,12-15)13-7-5-4-6-8-13/h4-8,14-15,18H,3,9,11-12H2,1-2H3. The Labute approximate surface area is 110 Å². The van der Waals surface area contributed by atoms with Crippen molar-refractivity contribution in [3.8, 4) is 6.07 Å². The van der Waals surface area contributed by atoms with Gasteiger partial charge in [-0.1, -0.05) is 44.2 Å². The number of nitrogens with zero attached hydrogens (tertiary/aromatic N) is 1. The average Bonchev–Trinajstić information content (AvgIpc) is 2.37. The van der Waals surface area contributed by atoms with Gasteiger partial charge in [0.15, 0.2) is 0 Å². The minimum absolute atomic E-state index is 0.323. The first-order valence-corrected chi connectivity index (χ1v) is 6.86. The fourth-order valence-corrected chi connectivity index (χ4v) is 2.99. The van der Waals surface area contributed by atoms with E-state index >= 15 is 0 Å². The van der Waals surface area contributed by atoms with Crippen molar-refractivity contribution < 1.29 is 0 Å². The first kappa shape index (κ1) is 13.1. The van der Waals surface area contributed by atoms with Gasteiger partial charge in [0, 0.05) is 12.1 Å². The number of hydrogen-bond donors (Lipinski definition) is 1. The second-order valence-corrected chi connectivity index (χ2v) is 5.67. The smallest absolute Gasteiger partial charge is 0.0638 e. The molecule has 1 unspecified atom stereocenters. The lowest BCUT2D eigenvalue weighted by Gasteiger charge is -2.47. The van der Waals surface area contributed by atoms with Crippen LogP contribution < -0.4 is 5.32 Å². The summed E-state index contributed by atoms with van der Waals surface area (Å²) in [5.74, 6) is 0. The maximum Gasteiger partial charge on any atom is 0.0638 e. The van der Waals surface area contributed by atoms with E-state index < -0.39 is 0 Å². The highest BCUT2D eigenvalue weighted by Gasteiger charge is 2.41. The predicted octanol–water partition coefficient (Wildman–Crippen LogP) is 3.39. The SMILES string of the molecule is CCC(CC#N)NC1CC(C)(c2ccccc2)C1. The summed E-state index contributed by atoms with van der Waals surface area (Å²) in [6, 6.07) is 14.0. The third kappa shape index (κ3) is 2.73. The van der Waals surface area contributed by atoms with E-state index in [1.54, 1.807) is 0 Å². The van der Waals surface area contributed by atoms with Gasteiger partial charge in [-0.05, 0) is 30.2 Å². The van der Waals surface area contributed by atoms with Gasteiger partial charge >= 0.3 is 0 Å². The summed E-state index contributed by atoms with van der Waals surface area (Å²) in [5, 5.41) is 12.4. The lowest BCUT2D eigenvalue weighted by Crippen LogP contribution is -2.52. The largest absolute Gasteiger partial charge is 0.310 e. The number of nitrogens with one attached hydrogen (secondary N) is 1. The Morgan fingerprint density at radius 3 is 2.61 bits per heavy atom. The van der Waals surface area contributed by atoms with E-state index in [-0.39, 0.29) is 0 Å². The summed E-state index contributed by atoms with van der Waals surface area (Å²) < 4.78 is 0. The number of hydrogen-bond acceptors (Lipinski definition) is 2. The van der Waals surface area contributed by atoms with E-state index in [9.17, 15) is 0 Å². The molecule has 18 heavy (non-hydrogen) atoms. The monoisotopic (exact) mass is 242 g/mol. The van der Waals surface area contributed by atoms with E-state index in [1.165, 1.54) is 18.4 Å². The van der Waals surface area contributed by atoms with Gasteiger partial charge in [0.2, 0.25) is 0 Å². The van der Waals surface area contributed by atoms with E-state index in [1.807, 2.05) is 0 Å². The van der Waals surface area contributed by atoms with Crippen LogP contribution in [-0.2, 0) is 5.41 Å². The maximum absolute atomic E-state index is 8.76.